The van der Waals surface area contributed by atoms with Crippen molar-refractivity contribution in [2.75, 3.05) is 32.6 Å². The number of benzene rings is 2. The monoisotopic (exact) mass is 312 g/mol. The van der Waals surface area contributed by atoms with Gasteiger partial charge in [-0.15, -0.1) is 0 Å². The SMILES string of the molecule is CCc1ccc(OC)c(CC(CN)c2ccc(N(C)C)cc2)c1. The number of methoxy groups -OCH3 is 1. The number of nitrogens with zero attached hydrogens (tertiary/aromatic N) is 1. The summed E-state index contributed by atoms with van der Waals surface area (Å²) < 4.78 is 5.53. The van der Waals surface area contributed by atoms with Crippen LogP contribution < -0.4 is 15.4 Å². The van der Waals surface area contributed by atoms with Gasteiger partial charge in [0.2, 0.25) is 0 Å². The topological polar surface area (TPSA) is 38.5 Å². The van der Waals surface area contributed by atoms with Gasteiger partial charge in [0, 0.05) is 25.7 Å². The molecule has 2 aromatic carbocycles. The van der Waals surface area contributed by atoms with Gasteiger partial charge in [-0.25, -0.2) is 0 Å². The molecule has 2 N–H and O–H groups in total. The molecule has 0 aliphatic rings. The standard InChI is InChI=1S/C20H28N2O/c1-5-15-6-11-20(23-4)17(12-15)13-18(14-21)16-7-9-19(10-8-16)22(2)3/h6-12,18H,5,13-14,21H2,1-4H3. The molecule has 0 bridgehead atoms. The second-order valence-corrected chi connectivity index (χ2v) is 6.12. The predicted octanol–water partition coefficient (Wildman–Crippen LogP) is 3.61. The molecule has 0 radical (unpaired) electrons. The first-order chi connectivity index (χ1) is 11.1. The Bertz CT molecular complexity index is 620. The van der Waals surface area contributed by atoms with Crippen molar-refractivity contribution in [2.24, 2.45) is 5.73 Å². The van der Waals surface area contributed by atoms with Crippen molar-refractivity contribution in [3.8, 4) is 5.75 Å². The lowest BCUT2D eigenvalue weighted by Gasteiger charge is -2.19. The Hall–Kier alpha value is -2.00. The number of hydrogen-bond acceptors (Lipinski definition) is 3. The van der Waals surface area contributed by atoms with Crippen LogP contribution in [0, 0.1) is 0 Å². The zero-order chi connectivity index (χ0) is 16.8. The average molecular weight is 312 g/mol. The van der Waals surface area contributed by atoms with Gasteiger partial charge in [-0.1, -0.05) is 31.2 Å². The molecule has 0 spiro atoms. The van der Waals surface area contributed by atoms with Crippen LogP contribution in [0.1, 0.15) is 29.5 Å². The molecule has 2 aromatic rings. The second-order valence-electron chi connectivity index (χ2n) is 6.12. The van der Waals surface area contributed by atoms with Crippen LogP contribution in [-0.4, -0.2) is 27.7 Å². The summed E-state index contributed by atoms with van der Waals surface area (Å²) in [6, 6.07) is 15.1. The van der Waals surface area contributed by atoms with E-state index in [0.29, 0.717) is 12.5 Å². The number of aryl methyl sites for hydroxylation is 1. The summed E-state index contributed by atoms with van der Waals surface area (Å²) in [5.74, 6) is 1.25. The minimum absolute atomic E-state index is 0.298. The van der Waals surface area contributed by atoms with E-state index >= 15 is 0 Å². The largest absolute Gasteiger partial charge is 0.496 e. The van der Waals surface area contributed by atoms with Crippen LogP contribution in [0.2, 0.25) is 0 Å². The molecule has 0 aliphatic heterocycles. The lowest BCUT2D eigenvalue weighted by atomic mass is 9.90. The summed E-state index contributed by atoms with van der Waals surface area (Å²) in [7, 11) is 5.83. The van der Waals surface area contributed by atoms with Gasteiger partial charge in [0.15, 0.2) is 0 Å². The van der Waals surface area contributed by atoms with E-state index in [4.69, 9.17) is 10.5 Å². The zero-order valence-electron chi connectivity index (χ0n) is 14.7. The first-order valence-corrected chi connectivity index (χ1v) is 8.22. The quantitative estimate of drug-likeness (QED) is 0.849. The molecule has 0 saturated heterocycles. The van der Waals surface area contributed by atoms with E-state index < -0.39 is 0 Å². The van der Waals surface area contributed by atoms with Crippen molar-refractivity contribution in [1.82, 2.24) is 0 Å². The minimum Gasteiger partial charge on any atom is -0.496 e. The molecule has 0 aliphatic carbocycles. The van der Waals surface area contributed by atoms with Crippen molar-refractivity contribution in [1.29, 1.82) is 0 Å². The van der Waals surface area contributed by atoms with E-state index in [9.17, 15) is 0 Å². The molecule has 0 saturated carbocycles. The number of ether oxygens (including phenoxy) is 1. The smallest absolute Gasteiger partial charge is 0.122 e. The fourth-order valence-corrected chi connectivity index (χ4v) is 2.86. The highest BCUT2D eigenvalue weighted by Crippen LogP contribution is 2.28. The van der Waals surface area contributed by atoms with Crippen molar-refractivity contribution in [3.63, 3.8) is 0 Å². The van der Waals surface area contributed by atoms with Crippen LogP contribution in [0.15, 0.2) is 42.5 Å². The zero-order valence-corrected chi connectivity index (χ0v) is 14.7. The van der Waals surface area contributed by atoms with Crippen molar-refractivity contribution in [3.05, 3.63) is 59.2 Å². The summed E-state index contributed by atoms with van der Waals surface area (Å²) in [6.07, 6.45) is 1.93. The van der Waals surface area contributed by atoms with E-state index in [2.05, 4.69) is 68.4 Å². The molecule has 124 valence electrons. The van der Waals surface area contributed by atoms with Gasteiger partial charge < -0.3 is 15.4 Å². The minimum atomic E-state index is 0.298. The van der Waals surface area contributed by atoms with E-state index in [1.807, 2.05) is 0 Å². The van der Waals surface area contributed by atoms with Gasteiger partial charge >= 0.3 is 0 Å². The molecule has 3 heteroatoms. The Kier molecular flexibility index (Phi) is 6.05. The van der Waals surface area contributed by atoms with Gasteiger partial charge in [-0.3, -0.25) is 0 Å². The highest BCUT2D eigenvalue weighted by molar-refractivity contribution is 5.47. The molecule has 0 aromatic heterocycles. The molecule has 23 heavy (non-hydrogen) atoms. The summed E-state index contributed by atoms with van der Waals surface area (Å²) in [6.45, 7) is 2.80. The Morgan fingerprint density at radius 2 is 1.78 bits per heavy atom. The molecule has 1 unspecified atom stereocenters. The summed E-state index contributed by atoms with van der Waals surface area (Å²) >= 11 is 0. The van der Waals surface area contributed by atoms with Crippen LogP contribution in [0.3, 0.4) is 0 Å². The van der Waals surface area contributed by atoms with Crippen molar-refractivity contribution >= 4 is 5.69 Å². The van der Waals surface area contributed by atoms with Gasteiger partial charge in [-0.2, -0.15) is 0 Å². The molecule has 3 nitrogen and oxygen atoms in total. The number of rotatable bonds is 7. The molecule has 0 fully saturated rings. The van der Waals surface area contributed by atoms with Crippen LogP contribution in [0.5, 0.6) is 5.75 Å². The molecule has 2 rings (SSSR count). The summed E-state index contributed by atoms with van der Waals surface area (Å²) in [4.78, 5) is 2.11. The van der Waals surface area contributed by atoms with Crippen LogP contribution in [-0.2, 0) is 12.8 Å². The Labute approximate surface area is 140 Å². The first-order valence-electron chi connectivity index (χ1n) is 8.22. The number of nitrogens with two attached hydrogens (primary N) is 1. The predicted molar refractivity (Wildman–Crippen MR) is 98.6 cm³/mol. The maximum atomic E-state index is 6.06. The fraction of sp³-hybridized carbons (Fsp3) is 0.400. The maximum absolute atomic E-state index is 6.06. The van der Waals surface area contributed by atoms with E-state index in [-0.39, 0.29) is 0 Å². The Morgan fingerprint density at radius 1 is 1.09 bits per heavy atom. The summed E-state index contributed by atoms with van der Waals surface area (Å²) in [5, 5.41) is 0. The third-order valence-electron chi connectivity index (χ3n) is 4.38. The second kappa shape index (κ2) is 8.02. The maximum Gasteiger partial charge on any atom is 0.122 e. The van der Waals surface area contributed by atoms with Gasteiger partial charge in [0.25, 0.3) is 0 Å². The van der Waals surface area contributed by atoms with Gasteiger partial charge in [0.1, 0.15) is 5.75 Å². The Balaban J connectivity index is 2.25. The molecular weight excluding hydrogens is 284 g/mol. The Morgan fingerprint density at radius 3 is 2.30 bits per heavy atom. The third kappa shape index (κ3) is 4.26. The first kappa shape index (κ1) is 17.4. The number of hydrogen-bond donors (Lipinski definition) is 1. The average Bonchev–Trinajstić information content (AvgIpc) is 2.59. The summed E-state index contributed by atoms with van der Waals surface area (Å²) in [5.41, 5.74) is 11.1. The van der Waals surface area contributed by atoms with Crippen molar-refractivity contribution < 1.29 is 4.74 Å². The molecule has 1 atom stereocenters. The normalized spacial score (nSPS) is 12.0. The van der Waals surface area contributed by atoms with Crippen LogP contribution >= 0.6 is 0 Å². The van der Waals surface area contributed by atoms with Crippen LogP contribution in [0.25, 0.3) is 0 Å². The number of anilines is 1. The van der Waals surface area contributed by atoms with E-state index in [1.54, 1.807) is 7.11 Å². The third-order valence-corrected chi connectivity index (χ3v) is 4.38. The lowest BCUT2D eigenvalue weighted by Crippen LogP contribution is -2.16. The van der Waals surface area contributed by atoms with E-state index in [0.717, 1.165) is 18.6 Å². The van der Waals surface area contributed by atoms with E-state index in [1.165, 1.54) is 22.4 Å². The lowest BCUT2D eigenvalue weighted by molar-refractivity contribution is 0.408. The highest BCUT2D eigenvalue weighted by atomic mass is 16.5. The van der Waals surface area contributed by atoms with Gasteiger partial charge in [-0.05, 0) is 54.3 Å². The van der Waals surface area contributed by atoms with Crippen molar-refractivity contribution in [2.45, 2.75) is 25.7 Å². The molecule has 0 amide bonds. The fourth-order valence-electron chi connectivity index (χ4n) is 2.86. The van der Waals surface area contributed by atoms with Crippen LogP contribution in [0.4, 0.5) is 5.69 Å². The molecular formula is C20H28N2O. The highest BCUT2D eigenvalue weighted by Gasteiger charge is 2.14. The molecule has 0 heterocycles. The van der Waals surface area contributed by atoms with Gasteiger partial charge in [0.05, 0.1) is 7.11 Å².